The normalized spacial score (nSPS) is 23.0. The maximum Gasteiger partial charge on any atom is 0.251 e. The van der Waals surface area contributed by atoms with Crippen LogP contribution in [-0.4, -0.2) is 35.3 Å². The summed E-state index contributed by atoms with van der Waals surface area (Å²) >= 11 is 0. The van der Waals surface area contributed by atoms with Gasteiger partial charge in [0.25, 0.3) is 5.91 Å². The summed E-state index contributed by atoms with van der Waals surface area (Å²) in [7, 11) is 0. The van der Waals surface area contributed by atoms with Crippen LogP contribution in [0.1, 0.15) is 30.1 Å². The summed E-state index contributed by atoms with van der Waals surface area (Å²) in [5.41, 5.74) is 0.265. The molecule has 0 spiro atoms. The summed E-state index contributed by atoms with van der Waals surface area (Å²) in [4.78, 5) is 11.9. The van der Waals surface area contributed by atoms with Gasteiger partial charge in [0.15, 0.2) is 0 Å². The van der Waals surface area contributed by atoms with E-state index in [9.17, 15) is 15.0 Å². The number of benzene rings is 1. The number of carbonyl (C=O) groups excluding carboxylic acids is 1. The molecule has 2 rings (SSSR count). The highest BCUT2D eigenvalue weighted by molar-refractivity contribution is 5.95. The lowest BCUT2D eigenvalue weighted by atomic mass is 9.93. The molecule has 2 unspecified atom stereocenters. The third-order valence-electron chi connectivity index (χ3n) is 3.58. The third kappa shape index (κ3) is 3.61. The second kappa shape index (κ2) is 5.93. The average Bonchev–Trinajstić information content (AvgIpc) is 2.36. The van der Waals surface area contributed by atoms with Gasteiger partial charge in [0.2, 0.25) is 0 Å². The maximum atomic E-state index is 11.9. The summed E-state index contributed by atoms with van der Waals surface area (Å²) in [6, 6.07) is 4.16. The van der Waals surface area contributed by atoms with Crippen LogP contribution in [0, 0.1) is 5.92 Å². The first-order valence-electron chi connectivity index (χ1n) is 6.61. The summed E-state index contributed by atoms with van der Waals surface area (Å²) in [6.07, 6.45) is 2.34. The molecule has 19 heavy (non-hydrogen) atoms. The van der Waals surface area contributed by atoms with Crippen molar-refractivity contribution in [1.29, 1.82) is 0 Å². The van der Waals surface area contributed by atoms with Crippen LogP contribution < -0.4 is 10.6 Å². The Morgan fingerprint density at radius 2 is 2.05 bits per heavy atom. The van der Waals surface area contributed by atoms with Gasteiger partial charge in [0.05, 0.1) is 0 Å². The Labute approximate surface area is 112 Å². The Bertz CT molecular complexity index is 442. The number of aromatic hydroxyl groups is 2. The van der Waals surface area contributed by atoms with Crippen LogP contribution in [0.3, 0.4) is 0 Å². The smallest absolute Gasteiger partial charge is 0.251 e. The summed E-state index contributed by atoms with van der Waals surface area (Å²) < 4.78 is 0. The summed E-state index contributed by atoms with van der Waals surface area (Å²) in [6.45, 7) is 3.71. The molecule has 0 aromatic heterocycles. The number of hydrogen-bond acceptors (Lipinski definition) is 4. The number of rotatable bonds is 3. The molecule has 1 aromatic rings. The fourth-order valence-electron chi connectivity index (χ4n) is 2.42. The molecule has 1 fully saturated rings. The topological polar surface area (TPSA) is 81.6 Å². The van der Waals surface area contributed by atoms with E-state index >= 15 is 0 Å². The highest BCUT2D eigenvalue weighted by Gasteiger charge is 2.21. The molecular weight excluding hydrogens is 244 g/mol. The molecular formula is C14H20N2O3. The van der Waals surface area contributed by atoms with Gasteiger partial charge in [-0.3, -0.25) is 4.79 Å². The molecule has 0 bridgehead atoms. The highest BCUT2D eigenvalue weighted by atomic mass is 16.3. The highest BCUT2D eigenvalue weighted by Crippen LogP contribution is 2.20. The Kier molecular flexibility index (Phi) is 4.27. The second-order valence-electron chi connectivity index (χ2n) is 5.13. The van der Waals surface area contributed by atoms with E-state index in [1.165, 1.54) is 31.0 Å². The van der Waals surface area contributed by atoms with Gasteiger partial charge < -0.3 is 20.8 Å². The van der Waals surface area contributed by atoms with Gasteiger partial charge in [0.1, 0.15) is 11.5 Å². The molecule has 1 heterocycles. The van der Waals surface area contributed by atoms with Crippen molar-refractivity contribution >= 4 is 5.91 Å². The predicted octanol–water partition coefficient (Wildman–Crippen LogP) is 1.22. The van der Waals surface area contributed by atoms with E-state index in [-0.39, 0.29) is 29.0 Å². The zero-order valence-electron chi connectivity index (χ0n) is 11.0. The molecule has 5 nitrogen and oxygen atoms in total. The summed E-state index contributed by atoms with van der Waals surface area (Å²) in [5.74, 6) is 0.0148. The first-order valence-corrected chi connectivity index (χ1v) is 6.61. The Morgan fingerprint density at radius 3 is 2.68 bits per heavy atom. The molecule has 4 N–H and O–H groups in total. The van der Waals surface area contributed by atoms with Crippen LogP contribution in [0.5, 0.6) is 11.5 Å². The van der Waals surface area contributed by atoms with Crippen molar-refractivity contribution in [2.24, 2.45) is 5.92 Å². The minimum atomic E-state index is -0.286. The van der Waals surface area contributed by atoms with Gasteiger partial charge in [-0.05, 0) is 37.4 Å². The molecule has 1 aliphatic heterocycles. The monoisotopic (exact) mass is 264 g/mol. The Morgan fingerprint density at radius 1 is 1.37 bits per heavy atom. The van der Waals surface area contributed by atoms with E-state index in [2.05, 4.69) is 17.6 Å². The summed E-state index contributed by atoms with van der Waals surface area (Å²) in [5, 5.41) is 24.9. The maximum absolute atomic E-state index is 11.9. The number of phenols is 2. The average molecular weight is 264 g/mol. The lowest BCUT2D eigenvalue weighted by molar-refractivity contribution is 0.0943. The lowest BCUT2D eigenvalue weighted by Crippen LogP contribution is -2.47. The quantitative estimate of drug-likeness (QED) is 0.661. The van der Waals surface area contributed by atoms with E-state index in [1.807, 2.05) is 0 Å². The standard InChI is InChI=1S/C14H20N2O3/c1-9-3-2-4-15-13(9)8-16-14(19)10-5-11(17)7-12(18)6-10/h5-7,9,13,15,17-18H,2-4,8H2,1H3,(H,16,19). The van der Waals surface area contributed by atoms with E-state index < -0.39 is 0 Å². The first-order chi connectivity index (χ1) is 9.06. The Hall–Kier alpha value is -1.75. The first kappa shape index (κ1) is 13.7. The Balaban J connectivity index is 1.93. The van der Waals surface area contributed by atoms with Crippen molar-refractivity contribution in [3.05, 3.63) is 23.8 Å². The van der Waals surface area contributed by atoms with Crippen LogP contribution in [0.4, 0.5) is 0 Å². The van der Waals surface area contributed by atoms with Gasteiger partial charge in [0, 0.05) is 24.2 Å². The zero-order valence-corrected chi connectivity index (χ0v) is 11.0. The number of hydrogen-bond donors (Lipinski definition) is 4. The SMILES string of the molecule is CC1CCCNC1CNC(=O)c1cc(O)cc(O)c1. The molecule has 0 saturated carbocycles. The van der Waals surface area contributed by atoms with E-state index in [4.69, 9.17) is 0 Å². The van der Waals surface area contributed by atoms with Crippen molar-refractivity contribution in [3.8, 4) is 11.5 Å². The third-order valence-corrected chi connectivity index (χ3v) is 3.58. The number of nitrogens with one attached hydrogen (secondary N) is 2. The lowest BCUT2D eigenvalue weighted by Gasteiger charge is -2.30. The molecule has 1 aliphatic rings. The molecule has 1 saturated heterocycles. The number of phenolic OH excluding ortho intramolecular Hbond substituents is 2. The van der Waals surface area contributed by atoms with E-state index in [0.29, 0.717) is 12.5 Å². The van der Waals surface area contributed by atoms with Gasteiger partial charge in [-0.1, -0.05) is 6.92 Å². The number of carbonyl (C=O) groups is 1. The van der Waals surface area contributed by atoms with E-state index in [0.717, 1.165) is 6.54 Å². The largest absolute Gasteiger partial charge is 0.508 e. The van der Waals surface area contributed by atoms with Gasteiger partial charge >= 0.3 is 0 Å². The number of piperidine rings is 1. The van der Waals surface area contributed by atoms with Crippen molar-refractivity contribution in [3.63, 3.8) is 0 Å². The van der Waals surface area contributed by atoms with Gasteiger partial charge in [-0.2, -0.15) is 0 Å². The van der Waals surface area contributed by atoms with Crippen LogP contribution in [-0.2, 0) is 0 Å². The van der Waals surface area contributed by atoms with Crippen LogP contribution >= 0.6 is 0 Å². The minimum absolute atomic E-state index is 0.116. The number of amides is 1. The van der Waals surface area contributed by atoms with Crippen LogP contribution in [0.25, 0.3) is 0 Å². The van der Waals surface area contributed by atoms with E-state index in [1.54, 1.807) is 0 Å². The van der Waals surface area contributed by atoms with Crippen molar-refractivity contribution in [1.82, 2.24) is 10.6 Å². The molecule has 5 heteroatoms. The zero-order chi connectivity index (χ0) is 13.8. The fraction of sp³-hybridized carbons (Fsp3) is 0.500. The molecule has 104 valence electrons. The van der Waals surface area contributed by atoms with Crippen LogP contribution in [0.2, 0.25) is 0 Å². The van der Waals surface area contributed by atoms with Crippen molar-refractivity contribution in [2.45, 2.75) is 25.8 Å². The van der Waals surface area contributed by atoms with Crippen molar-refractivity contribution in [2.75, 3.05) is 13.1 Å². The minimum Gasteiger partial charge on any atom is -0.508 e. The molecule has 2 atom stereocenters. The second-order valence-corrected chi connectivity index (χ2v) is 5.13. The van der Waals surface area contributed by atoms with Gasteiger partial charge in [-0.15, -0.1) is 0 Å². The molecule has 1 amide bonds. The molecule has 0 radical (unpaired) electrons. The molecule has 0 aliphatic carbocycles. The van der Waals surface area contributed by atoms with Crippen molar-refractivity contribution < 1.29 is 15.0 Å². The molecule has 1 aromatic carbocycles. The van der Waals surface area contributed by atoms with Crippen LogP contribution in [0.15, 0.2) is 18.2 Å². The predicted molar refractivity (Wildman–Crippen MR) is 72.3 cm³/mol. The van der Waals surface area contributed by atoms with Gasteiger partial charge in [-0.25, -0.2) is 0 Å². The fourth-order valence-corrected chi connectivity index (χ4v) is 2.42.